The van der Waals surface area contributed by atoms with E-state index in [0.717, 1.165) is 11.0 Å². The molecule has 202 valence electrons. The molecule has 37 heavy (non-hydrogen) atoms. The molecule has 0 aliphatic carbocycles. The van der Waals surface area contributed by atoms with Gasteiger partial charge < -0.3 is 19.5 Å². The second-order valence-electron chi connectivity index (χ2n) is 8.32. The molecule has 0 unspecified atom stereocenters. The van der Waals surface area contributed by atoms with Crippen LogP contribution in [0.5, 0.6) is 11.5 Å². The lowest BCUT2D eigenvalue weighted by molar-refractivity contribution is -0.274. The second-order valence-corrected chi connectivity index (χ2v) is 10.2. The lowest BCUT2D eigenvalue weighted by atomic mass is 10.0. The van der Waals surface area contributed by atoms with E-state index in [-0.39, 0.29) is 59.2 Å². The van der Waals surface area contributed by atoms with Crippen molar-refractivity contribution in [2.24, 2.45) is 0 Å². The fourth-order valence-electron chi connectivity index (χ4n) is 3.97. The number of alkyl halides is 3. The van der Waals surface area contributed by atoms with Crippen LogP contribution in [-0.2, 0) is 22.9 Å². The Bertz CT molecular complexity index is 1250. The van der Waals surface area contributed by atoms with Gasteiger partial charge in [0.1, 0.15) is 16.4 Å². The highest BCUT2D eigenvalue weighted by atomic mass is 32.2. The van der Waals surface area contributed by atoms with Crippen molar-refractivity contribution < 1.29 is 45.8 Å². The predicted molar refractivity (Wildman–Crippen MR) is 126 cm³/mol. The third-order valence-electron chi connectivity index (χ3n) is 5.83. The highest BCUT2D eigenvalue weighted by molar-refractivity contribution is 7.89. The quantitative estimate of drug-likeness (QED) is 0.306. The molecule has 0 saturated carbocycles. The third kappa shape index (κ3) is 7.59. The molecule has 1 heterocycles. The highest BCUT2D eigenvalue weighted by Crippen LogP contribution is 2.34. The maximum atomic E-state index is 12.8. The Kier molecular flexibility index (Phi) is 9.02. The summed E-state index contributed by atoms with van der Waals surface area (Å²) in [5, 5.41) is 9.49. The van der Waals surface area contributed by atoms with Crippen molar-refractivity contribution in [1.29, 1.82) is 0 Å². The largest absolute Gasteiger partial charge is 0.573 e. The monoisotopic (exact) mass is 544 g/mol. The van der Waals surface area contributed by atoms with Crippen molar-refractivity contribution in [2.75, 3.05) is 26.7 Å². The maximum Gasteiger partial charge on any atom is 0.573 e. The summed E-state index contributed by atoms with van der Waals surface area (Å²) in [6.07, 6.45) is -4.88. The summed E-state index contributed by atoms with van der Waals surface area (Å²) in [6, 6.07) is 8.42. The number of rotatable bonds is 12. The van der Waals surface area contributed by atoms with E-state index in [2.05, 4.69) is 9.46 Å². The smallest absolute Gasteiger partial charge is 0.492 e. The number of nitrogens with zero attached hydrogens (tertiary/aromatic N) is 1. The average Bonchev–Trinajstić information content (AvgIpc) is 3.31. The fraction of sp³-hybridized carbons (Fsp3) is 0.417. The number of ether oxygens (including phenoxy) is 2. The minimum atomic E-state index is -4.86. The zero-order chi connectivity index (χ0) is 27.2. The number of carboxylic acid groups (broad SMARTS) is 1. The van der Waals surface area contributed by atoms with Crippen LogP contribution < -0.4 is 14.2 Å². The number of hydrogen-bond donors (Lipinski definition) is 2. The molecule has 3 rings (SSSR count). The van der Waals surface area contributed by atoms with E-state index in [4.69, 9.17) is 4.74 Å². The van der Waals surface area contributed by atoms with Gasteiger partial charge in [0.25, 0.3) is 0 Å². The van der Waals surface area contributed by atoms with Crippen LogP contribution in [0.25, 0.3) is 0 Å². The van der Waals surface area contributed by atoms with Gasteiger partial charge in [-0.2, -0.15) is 0 Å². The van der Waals surface area contributed by atoms with Crippen molar-refractivity contribution >= 4 is 21.9 Å². The molecule has 0 aromatic heterocycles. The Hall–Kier alpha value is -3.32. The van der Waals surface area contributed by atoms with Crippen LogP contribution in [0.2, 0.25) is 0 Å². The van der Waals surface area contributed by atoms with Gasteiger partial charge in [0, 0.05) is 31.5 Å². The van der Waals surface area contributed by atoms with Crippen LogP contribution in [0.3, 0.4) is 0 Å². The molecule has 13 heteroatoms. The van der Waals surface area contributed by atoms with E-state index in [9.17, 15) is 36.3 Å². The molecule has 9 nitrogen and oxygen atoms in total. The van der Waals surface area contributed by atoms with E-state index >= 15 is 0 Å². The number of halogens is 3. The number of nitrogens with one attached hydrogen (secondary N) is 1. The van der Waals surface area contributed by atoms with Crippen LogP contribution in [0.4, 0.5) is 18.0 Å². The van der Waals surface area contributed by atoms with Gasteiger partial charge in [0.05, 0.1) is 6.61 Å². The van der Waals surface area contributed by atoms with Crippen molar-refractivity contribution in [2.45, 2.75) is 43.4 Å². The van der Waals surface area contributed by atoms with Crippen molar-refractivity contribution in [1.82, 2.24) is 9.62 Å². The molecule has 1 aliphatic rings. The Morgan fingerprint density at radius 3 is 2.57 bits per heavy atom. The van der Waals surface area contributed by atoms with E-state index < -0.39 is 22.5 Å². The standard InChI is InChI=1S/C24H27F3N2O7S/c1-28-37(33,34)21-15-18(14-17-10-13-35-22(17)21)19(30)7-4-5-11-29(23(31)32)12-9-16-6-2-3-8-20(16)36-24(25,26)27/h2-3,6,8,14-15,28H,4-5,7,9-13H2,1H3,(H,31,32). The van der Waals surface area contributed by atoms with Crippen LogP contribution in [0.15, 0.2) is 41.3 Å². The maximum absolute atomic E-state index is 12.8. The number of benzene rings is 2. The summed E-state index contributed by atoms with van der Waals surface area (Å²) in [4.78, 5) is 25.4. The first-order chi connectivity index (χ1) is 17.4. The summed E-state index contributed by atoms with van der Waals surface area (Å²) in [6.45, 7) is 0.330. The molecular formula is C24H27F3N2O7S. The van der Waals surface area contributed by atoms with Gasteiger partial charge in [-0.25, -0.2) is 17.9 Å². The summed E-state index contributed by atoms with van der Waals surface area (Å²) in [5.41, 5.74) is 1.08. The molecule has 2 N–H and O–H groups in total. The molecule has 1 aliphatic heterocycles. The number of hydrogen-bond acceptors (Lipinski definition) is 6. The van der Waals surface area contributed by atoms with E-state index in [1.807, 2.05) is 0 Å². The normalized spacial score (nSPS) is 13.1. The van der Waals surface area contributed by atoms with Gasteiger partial charge in [0.2, 0.25) is 10.0 Å². The van der Waals surface area contributed by atoms with Crippen molar-refractivity contribution in [3.8, 4) is 11.5 Å². The van der Waals surface area contributed by atoms with Crippen molar-refractivity contribution in [3.05, 3.63) is 53.1 Å². The number of para-hydroxylation sites is 1. The molecule has 0 bridgehead atoms. The minimum absolute atomic E-state index is 0.0113. The van der Waals surface area contributed by atoms with Gasteiger partial charge >= 0.3 is 12.5 Å². The molecule has 0 saturated heterocycles. The molecule has 2 aromatic rings. The minimum Gasteiger partial charge on any atom is -0.492 e. The number of unbranched alkanes of at least 4 members (excludes halogenated alkanes) is 1. The van der Waals surface area contributed by atoms with Crippen molar-refractivity contribution in [3.63, 3.8) is 0 Å². The van der Waals surface area contributed by atoms with E-state index in [1.54, 1.807) is 6.07 Å². The molecule has 1 amide bonds. The van der Waals surface area contributed by atoms with Gasteiger partial charge in [-0.15, -0.1) is 13.2 Å². The zero-order valence-electron chi connectivity index (χ0n) is 20.0. The van der Waals surface area contributed by atoms with Crippen LogP contribution in [0.1, 0.15) is 40.7 Å². The molecule has 0 fully saturated rings. The number of Topliss-reactive ketones (excluding diaryl/α,β-unsaturated/α-hetero) is 1. The zero-order valence-corrected chi connectivity index (χ0v) is 20.8. The number of amides is 1. The molecule has 0 atom stereocenters. The molecular weight excluding hydrogens is 517 g/mol. The number of carbonyl (C=O) groups is 2. The van der Waals surface area contributed by atoms with E-state index in [1.165, 1.54) is 31.3 Å². The fourth-order valence-corrected chi connectivity index (χ4v) is 4.90. The van der Waals surface area contributed by atoms with Gasteiger partial charge in [-0.1, -0.05) is 18.2 Å². The van der Waals surface area contributed by atoms with Gasteiger partial charge in [-0.3, -0.25) is 4.79 Å². The first-order valence-electron chi connectivity index (χ1n) is 11.5. The van der Waals surface area contributed by atoms with Gasteiger partial charge in [0.15, 0.2) is 5.78 Å². The first kappa shape index (κ1) is 28.3. The molecule has 0 spiro atoms. The van der Waals surface area contributed by atoms with Gasteiger partial charge in [-0.05, 0) is 55.6 Å². The Balaban J connectivity index is 1.57. The number of fused-ring (bicyclic) bond motifs is 1. The van der Waals surface area contributed by atoms with Crippen LogP contribution in [0, 0.1) is 0 Å². The summed E-state index contributed by atoms with van der Waals surface area (Å²) in [7, 11) is -2.57. The number of ketones is 1. The average molecular weight is 545 g/mol. The highest BCUT2D eigenvalue weighted by Gasteiger charge is 2.32. The number of carbonyl (C=O) groups excluding carboxylic acids is 1. The summed E-state index contributed by atoms with van der Waals surface area (Å²) >= 11 is 0. The Morgan fingerprint density at radius 2 is 1.89 bits per heavy atom. The second kappa shape index (κ2) is 11.8. The summed E-state index contributed by atoms with van der Waals surface area (Å²) < 4.78 is 74.2. The SMILES string of the molecule is CNS(=O)(=O)c1cc(C(=O)CCCCN(CCc2ccccc2OC(F)(F)F)C(=O)O)cc2c1OCC2. The van der Waals surface area contributed by atoms with Crippen LogP contribution in [-0.4, -0.2) is 63.4 Å². The Labute approximate surface area is 212 Å². The third-order valence-corrected chi connectivity index (χ3v) is 7.25. The molecule has 0 radical (unpaired) electrons. The molecule has 2 aromatic carbocycles. The first-order valence-corrected chi connectivity index (χ1v) is 13.0. The predicted octanol–water partition coefficient (Wildman–Crippen LogP) is 4.00. The number of sulfonamides is 1. The van der Waals surface area contributed by atoms with Crippen LogP contribution >= 0.6 is 0 Å². The Morgan fingerprint density at radius 1 is 1.16 bits per heavy atom. The lowest BCUT2D eigenvalue weighted by Gasteiger charge is -2.20. The topological polar surface area (TPSA) is 122 Å². The van der Waals surface area contributed by atoms with E-state index in [0.29, 0.717) is 31.4 Å². The lowest BCUT2D eigenvalue weighted by Crippen LogP contribution is -2.32. The summed E-state index contributed by atoms with van der Waals surface area (Å²) in [5.74, 6) is -0.432.